The predicted octanol–water partition coefficient (Wildman–Crippen LogP) is 4.82. The molecule has 24 heavy (non-hydrogen) atoms. The quantitative estimate of drug-likeness (QED) is 0.748. The van der Waals surface area contributed by atoms with Gasteiger partial charge in [0.1, 0.15) is 5.82 Å². The molecule has 0 aliphatic heterocycles. The van der Waals surface area contributed by atoms with E-state index >= 15 is 0 Å². The number of aliphatic hydroxyl groups excluding tert-OH is 1. The molecule has 1 saturated carbocycles. The molecule has 3 heteroatoms. The number of nitrogens with zero attached hydrogens (tertiary/aromatic N) is 2. The lowest BCUT2D eigenvalue weighted by molar-refractivity contribution is 0.156. The molecule has 0 saturated heterocycles. The van der Waals surface area contributed by atoms with Gasteiger partial charge < -0.3 is 9.67 Å². The van der Waals surface area contributed by atoms with Gasteiger partial charge >= 0.3 is 0 Å². The molecule has 0 amide bonds. The van der Waals surface area contributed by atoms with Gasteiger partial charge in [0, 0.05) is 5.56 Å². The Morgan fingerprint density at radius 1 is 0.958 bits per heavy atom. The molecule has 1 aromatic heterocycles. The second kappa shape index (κ2) is 6.78. The van der Waals surface area contributed by atoms with E-state index in [0.29, 0.717) is 5.92 Å². The number of aromatic nitrogens is 2. The van der Waals surface area contributed by atoms with Crippen molar-refractivity contribution in [2.45, 2.75) is 38.1 Å². The summed E-state index contributed by atoms with van der Waals surface area (Å²) < 4.78 is 2.29. The summed E-state index contributed by atoms with van der Waals surface area (Å²) in [6.45, 7) is 0.171. The van der Waals surface area contributed by atoms with Gasteiger partial charge in [-0.15, -0.1) is 0 Å². The van der Waals surface area contributed by atoms with Crippen LogP contribution >= 0.6 is 0 Å². The standard InChI is InChI=1S/C21H24N2O/c24-15-20(16-9-3-1-4-10-16)23-19-14-8-7-13-18(19)22-21(23)17-11-5-2-6-12-17/h2,5-8,11-14,16,20,24H,1,3-4,9-10,15H2. The minimum Gasteiger partial charge on any atom is -0.394 e. The van der Waals surface area contributed by atoms with Crippen molar-refractivity contribution in [3.8, 4) is 11.4 Å². The van der Waals surface area contributed by atoms with E-state index in [-0.39, 0.29) is 12.6 Å². The van der Waals surface area contributed by atoms with E-state index in [9.17, 15) is 5.11 Å². The van der Waals surface area contributed by atoms with Gasteiger partial charge in [0.2, 0.25) is 0 Å². The number of imidazole rings is 1. The van der Waals surface area contributed by atoms with Crippen LogP contribution in [0.3, 0.4) is 0 Å². The topological polar surface area (TPSA) is 38.0 Å². The number of hydrogen-bond donors (Lipinski definition) is 1. The Morgan fingerprint density at radius 3 is 2.42 bits per heavy atom. The second-order valence-corrected chi connectivity index (χ2v) is 6.81. The molecule has 3 aromatic rings. The molecule has 2 aromatic carbocycles. The molecular formula is C21H24N2O. The van der Waals surface area contributed by atoms with Gasteiger partial charge in [-0.05, 0) is 30.9 Å². The van der Waals surface area contributed by atoms with E-state index in [1.807, 2.05) is 24.3 Å². The van der Waals surface area contributed by atoms with Crippen molar-refractivity contribution < 1.29 is 5.11 Å². The number of hydrogen-bond acceptors (Lipinski definition) is 2. The van der Waals surface area contributed by atoms with Crippen molar-refractivity contribution in [3.63, 3.8) is 0 Å². The Balaban J connectivity index is 1.88. The SMILES string of the molecule is OCC(C1CCCCC1)n1c(-c2ccccc2)nc2ccccc21. The highest BCUT2D eigenvalue weighted by Gasteiger charge is 2.28. The first-order valence-electron chi connectivity index (χ1n) is 9.01. The van der Waals surface area contributed by atoms with Gasteiger partial charge in [-0.25, -0.2) is 4.98 Å². The largest absolute Gasteiger partial charge is 0.394 e. The lowest BCUT2D eigenvalue weighted by Crippen LogP contribution is -2.25. The number of benzene rings is 2. The van der Waals surface area contributed by atoms with Crippen LogP contribution in [0.1, 0.15) is 38.1 Å². The zero-order valence-electron chi connectivity index (χ0n) is 13.9. The summed E-state index contributed by atoms with van der Waals surface area (Å²) in [5.41, 5.74) is 3.24. The first-order chi connectivity index (χ1) is 11.9. The molecule has 1 unspecified atom stereocenters. The van der Waals surface area contributed by atoms with Crippen molar-refractivity contribution in [3.05, 3.63) is 54.6 Å². The summed E-state index contributed by atoms with van der Waals surface area (Å²) in [4.78, 5) is 4.90. The van der Waals surface area contributed by atoms with Crippen LogP contribution in [0, 0.1) is 5.92 Å². The molecule has 1 atom stereocenters. The van der Waals surface area contributed by atoms with Gasteiger partial charge in [0.05, 0.1) is 23.7 Å². The fourth-order valence-electron chi connectivity index (χ4n) is 4.13. The monoisotopic (exact) mass is 320 g/mol. The average molecular weight is 320 g/mol. The third-order valence-electron chi connectivity index (χ3n) is 5.34. The third-order valence-corrected chi connectivity index (χ3v) is 5.34. The van der Waals surface area contributed by atoms with Crippen molar-refractivity contribution in [1.82, 2.24) is 9.55 Å². The van der Waals surface area contributed by atoms with E-state index in [4.69, 9.17) is 4.98 Å². The van der Waals surface area contributed by atoms with Crippen molar-refractivity contribution >= 4 is 11.0 Å². The molecule has 3 nitrogen and oxygen atoms in total. The summed E-state index contributed by atoms with van der Waals surface area (Å²) in [5.74, 6) is 1.50. The molecule has 1 aliphatic rings. The number of fused-ring (bicyclic) bond motifs is 1. The van der Waals surface area contributed by atoms with Gasteiger partial charge in [-0.1, -0.05) is 61.7 Å². The normalized spacial score (nSPS) is 17.2. The van der Waals surface area contributed by atoms with Crippen LogP contribution in [-0.2, 0) is 0 Å². The van der Waals surface area contributed by atoms with E-state index in [2.05, 4.69) is 34.9 Å². The van der Waals surface area contributed by atoms with Crippen LogP contribution in [0.15, 0.2) is 54.6 Å². The van der Waals surface area contributed by atoms with E-state index in [1.54, 1.807) is 0 Å². The summed E-state index contributed by atoms with van der Waals surface area (Å²) in [5, 5.41) is 10.2. The van der Waals surface area contributed by atoms with Crippen LogP contribution in [-0.4, -0.2) is 21.3 Å². The van der Waals surface area contributed by atoms with E-state index in [0.717, 1.165) is 22.4 Å². The molecular weight excluding hydrogens is 296 g/mol. The Kier molecular flexibility index (Phi) is 4.35. The van der Waals surface area contributed by atoms with Crippen molar-refractivity contribution in [2.24, 2.45) is 5.92 Å². The smallest absolute Gasteiger partial charge is 0.141 e. The van der Waals surface area contributed by atoms with Gasteiger partial charge in [0.15, 0.2) is 0 Å². The lowest BCUT2D eigenvalue weighted by Gasteiger charge is -2.31. The van der Waals surface area contributed by atoms with Crippen molar-refractivity contribution in [2.75, 3.05) is 6.61 Å². The molecule has 0 bridgehead atoms. The Labute approximate surface area is 143 Å². The molecule has 1 N–H and O–H groups in total. The molecule has 0 spiro atoms. The van der Waals surface area contributed by atoms with Crippen LogP contribution in [0.5, 0.6) is 0 Å². The summed E-state index contributed by atoms with van der Waals surface area (Å²) in [6, 6.07) is 18.7. The van der Waals surface area contributed by atoms with Gasteiger partial charge in [-0.3, -0.25) is 0 Å². The molecule has 124 valence electrons. The number of para-hydroxylation sites is 2. The summed E-state index contributed by atoms with van der Waals surface area (Å²) in [7, 11) is 0. The predicted molar refractivity (Wildman–Crippen MR) is 97.9 cm³/mol. The maximum atomic E-state index is 10.2. The molecule has 4 rings (SSSR count). The zero-order chi connectivity index (χ0) is 16.4. The van der Waals surface area contributed by atoms with Crippen LogP contribution in [0.25, 0.3) is 22.4 Å². The Hall–Kier alpha value is -2.13. The Morgan fingerprint density at radius 2 is 1.67 bits per heavy atom. The van der Waals surface area contributed by atoms with Gasteiger partial charge in [-0.2, -0.15) is 0 Å². The highest BCUT2D eigenvalue weighted by Crippen LogP contribution is 2.37. The fraction of sp³-hybridized carbons (Fsp3) is 0.381. The molecule has 0 radical (unpaired) electrons. The minimum absolute atomic E-state index is 0.105. The number of rotatable bonds is 4. The fourth-order valence-corrected chi connectivity index (χ4v) is 4.13. The number of aliphatic hydroxyl groups is 1. The first-order valence-corrected chi connectivity index (χ1v) is 9.01. The van der Waals surface area contributed by atoms with E-state index in [1.165, 1.54) is 32.1 Å². The van der Waals surface area contributed by atoms with Crippen molar-refractivity contribution in [1.29, 1.82) is 0 Å². The summed E-state index contributed by atoms with van der Waals surface area (Å²) in [6.07, 6.45) is 6.27. The molecule has 1 fully saturated rings. The third kappa shape index (κ3) is 2.73. The molecule has 1 heterocycles. The van der Waals surface area contributed by atoms with Crippen LogP contribution in [0.2, 0.25) is 0 Å². The highest BCUT2D eigenvalue weighted by atomic mass is 16.3. The van der Waals surface area contributed by atoms with Crippen LogP contribution in [0.4, 0.5) is 0 Å². The van der Waals surface area contributed by atoms with Gasteiger partial charge in [0.25, 0.3) is 0 Å². The minimum atomic E-state index is 0.105. The summed E-state index contributed by atoms with van der Waals surface area (Å²) >= 11 is 0. The first kappa shape index (κ1) is 15.4. The highest BCUT2D eigenvalue weighted by molar-refractivity contribution is 5.80. The second-order valence-electron chi connectivity index (χ2n) is 6.81. The Bertz CT molecular complexity index is 803. The van der Waals surface area contributed by atoms with E-state index < -0.39 is 0 Å². The van der Waals surface area contributed by atoms with Crippen LogP contribution < -0.4 is 0 Å². The zero-order valence-corrected chi connectivity index (χ0v) is 13.9. The average Bonchev–Trinajstić information content (AvgIpc) is 3.04. The molecule has 1 aliphatic carbocycles. The lowest BCUT2D eigenvalue weighted by atomic mass is 9.84. The maximum Gasteiger partial charge on any atom is 0.141 e. The maximum absolute atomic E-state index is 10.2.